The lowest BCUT2D eigenvalue weighted by Crippen LogP contribution is -2.41. The molecular formula is C19H22N4O. The molecular weight excluding hydrogens is 300 g/mol. The van der Waals surface area contributed by atoms with Gasteiger partial charge in [-0.25, -0.2) is 14.8 Å². The highest BCUT2D eigenvalue weighted by Gasteiger charge is 2.26. The topological polar surface area (TPSA) is 58.1 Å². The van der Waals surface area contributed by atoms with Crippen molar-refractivity contribution in [3.05, 3.63) is 54.5 Å². The molecule has 1 aliphatic rings. The summed E-state index contributed by atoms with van der Waals surface area (Å²) >= 11 is 0. The van der Waals surface area contributed by atoms with Crippen LogP contribution in [0.2, 0.25) is 0 Å². The maximum Gasteiger partial charge on any atom is 0.322 e. The van der Waals surface area contributed by atoms with Crippen molar-refractivity contribution in [3.8, 4) is 11.3 Å². The lowest BCUT2D eigenvalue weighted by Gasteiger charge is -2.27. The number of aryl methyl sites for hydroxylation is 1. The molecule has 1 atom stereocenters. The number of rotatable bonds is 3. The Morgan fingerprint density at radius 2 is 2.17 bits per heavy atom. The second kappa shape index (κ2) is 6.83. The zero-order valence-corrected chi connectivity index (χ0v) is 14.2. The number of urea groups is 1. The molecule has 0 bridgehead atoms. The summed E-state index contributed by atoms with van der Waals surface area (Å²) in [4.78, 5) is 23.0. The molecule has 0 fully saturated rings. The van der Waals surface area contributed by atoms with E-state index in [1.165, 1.54) is 0 Å². The number of nitrogens with zero attached hydrogens (tertiary/aromatic N) is 3. The van der Waals surface area contributed by atoms with Gasteiger partial charge in [0.2, 0.25) is 0 Å². The fourth-order valence-corrected chi connectivity index (χ4v) is 2.91. The number of nitrogens with one attached hydrogen (secondary N) is 1. The average Bonchev–Trinajstić information content (AvgIpc) is 3.05. The Morgan fingerprint density at radius 3 is 2.92 bits per heavy atom. The molecule has 1 aliphatic heterocycles. The van der Waals surface area contributed by atoms with E-state index in [1.54, 1.807) is 6.20 Å². The van der Waals surface area contributed by atoms with Crippen molar-refractivity contribution < 1.29 is 4.79 Å². The van der Waals surface area contributed by atoms with Crippen molar-refractivity contribution in [2.45, 2.75) is 26.8 Å². The first kappa shape index (κ1) is 16.2. The van der Waals surface area contributed by atoms with Crippen LogP contribution in [0.3, 0.4) is 0 Å². The number of hydrogen-bond donors (Lipinski definition) is 1. The van der Waals surface area contributed by atoms with Crippen LogP contribution in [-0.2, 0) is 0 Å². The molecule has 1 aromatic carbocycles. The summed E-state index contributed by atoms with van der Waals surface area (Å²) in [5, 5.41) is 3.00. The van der Waals surface area contributed by atoms with E-state index in [0.29, 0.717) is 12.5 Å². The van der Waals surface area contributed by atoms with Gasteiger partial charge in [-0.2, -0.15) is 0 Å². The van der Waals surface area contributed by atoms with Crippen molar-refractivity contribution in [2.75, 3.05) is 11.9 Å². The summed E-state index contributed by atoms with van der Waals surface area (Å²) in [7, 11) is 0. The molecule has 0 saturated heterocycles. The molecule has 3 rings (SSSR count). The number of carbonyl (C=O) groups is 1. The highest BCUT2D eigenvalue weighted by atomic mass is 16.2. The van der Waals surface area contributed by atoms with Crippen LogP contribution < -0.4 is 5.32 Å². The van der Waals surface area contributed by atoms with Crippen LogP contribution in [-0.4, -0.2) is 33.5 Å². The van der Waals surface area contributed by atoms with Crippen molar-refractivity contribution in [2.24, 2.45) is 5.92 Å². The third kappa shape index (κ3) is 3.45. The summed E-state index contributed by atoms with van der Waals surface area (Å²) in [5.41, 5.74) is 2.57. The van der Waals surface area contributed by atoms with Gasteiger partial charge in [-0.05, 0) is 31.0 Å². The molecule has 1 N–H and O–H groups in total. The summed E-state index contributed by atoms with van der Waals surface area (Å²) in [6, 6.07) is 9.67. The van der Waals surface area contributed by atoms with Crippen LogP contribution in [0, 0.1) is 12.8 Å². The van der Waals surface area contributed by atoms with Gasteiger partial charge >= 0.3 is 6.03 Å². The Morgan fingerprint density at radius 1 is 1.33 bits per heavy atom. The Bertz CT molecular complexity index is 769. The van der Waals surface area contributed by atoms with Gasteiger partial charge in [0.15, 0.2) is 0 Å². The molecule has 5 nitrogen and oxygen atoms in total. The Balaban J connectivity index is 1.76. The van der Waals surface area contributed by atoms with Gasteiger partial charge in [-0.1, -0.05) is 38.1 Å². The van der Waals surface area contributed by atoms with Crippen LogP contribution in [0.25, 0.3) is 11.3 Å². The molecule has 24 heavy (non-hydrogen) atoms. The molecule has 2 heterocycles. The predicted octanol–water partition coefficient (Wildman–Crippen LogP) is 3.88. The number of benzene rings is 1. The van der Waals surface area contributed by atoms with E-state index in [1.807, 2.05) is 48.2 Å². The predicted molar refractivity (Wildman–Crippen MR) is 95.7 cm³/mol. The SMILES string of the molecule is Cc1nccc(-c2cccc(NC(=O)N3CC=C[C@@H]3C(C)C)c2)n1. The lowest BCUT2D eigenvalue weighted by molar-refractivity contribution is 0.199. The number of amides is 2. The number of hydrogen-bond acceptors (Lipinski definition) is 3. The first-order chi connectivity index (χ1) is 11.5. The summed E-state index contributed by atoms with van der Waals surface area (Å²) in [6.07, 6.45) is 5.89. The summed E-state index contributed by atoms with van der Waals surface area (Å²) in [6.45, 7) is 6.76. The van der Waals surface area contributed by atoms with E-state index >= 15 is 0 Å². The van der Waals surface area contributed by atoms with Crippen molar-refractivity contribution in [1.82, 2.24) is 14.9 Å². The van der Waals surface area contributed by atoms with Crippen LogP contribution in [0.4, 0.5) is 10.5 Å². The van der Waals surface area contributed by atoms with E-state index in [0.717, 1.165) is 22.8 Å². The molecule has 124 valence electrons. The van der Waals surface area contributed by atoms with Crippen LogP contribution in [0.1, 0.15) is 19.7 Å². The summed E-state index contributed by atoms with van der Waals surface area (Å²) in [5.74, 6) is 1.12. The minimum atomic E-state index is -0.0743. The molecule has 2 aromatic rings. The average molecular weight is 322 g/mol. The maximum absolute atomic E-state index is 12.6. The van der Waals surface area contributed by atoms with E-state index in [4.69, 9.17) is 0 Å². The van der Waals surface area contributed by atoms with Gasteiger partial charge in [0.05, 0.1) is 11.7 Å². The highest BCUT2D eigenvalue weighted by Crippen LogP contribution is 2.23. The van der Waals surface area contributed by atoms with E-state index in [9.17, 15) is 4.79 Å². The highest BCUT2D eigenvalue weighted by molar-refractivity contribution is 5.90. The second-order valence-electron chi connectivity index (χ2n) is 6.32. The first-order valence-corrected chi connectivity index (χ1v) is 8.19. The molecule has 0 spiro atoms. The minimum absolute atomic E-state index is 0.0743. The molecule has 2 amide bonds. The molecule has 0 radical (unpaired) electrons. The fraction of sp³-hybridized carbons (Fsp3) is 0.316. The third-order valence-electron chi connectivity index (χ3n) is 4.12. The number of anilines is 1. The maximum atomic E-state index is 12.6. The molecule has 0 saturated carbocycles. The van der Waals surface area contributed by atoms with Crippen molar-refractivity contribution in [1.29, 1.82) is 0 Å². The summed E-state index contributed by atoms with van der Waals surface area (Å²) < 4.78 is 0. The fourth-order valence-electron chi connectivity index (χ4n) is 2.91. The van der Waals surface area contributed by atoms with Gasteiger partial charge in [0.25, 0.3) is 0 Å². The number of carbonyl (C=O) groups excluding carboxylic acids is 1. The quantitative estimate of drug-likeness (QED) is 0.872. The van der Waals surface area contributed by atoms with Gasteiger partial charge in [0.1, 0.15) is 5.82 Å². The monoisotopic (exact) mass is 322 g/mol. The second-order valence-corrected chi connectivity index (χ2v) is 6.32. The Hall–Kier alpha value is -2.69. The Labute approximate surface area is 142 Å². The minimum Gasteiger partial charge on any atom is -0.314 e. The normalized spacial score (nSPS) is 16.7. The first-order valence-electron chi connectivity index (χ1n) is 8.19. The standard InChI is InChI=1S/C19H22N4O/c1-13(2)18-8-5-11-23(18)19(24)22-16-7-4-6-15(12-16)17-9-10-20-14(3)21-17/h4-10,12-13,18H,11H2,1-3H3,(H,22,24)/t18-/m1/s1. The largest absolute Gasteiger partial charge is 0.322 e. The van der Waals surface area contributed by atoms with Crippen molar-refractivity contribution in [3.63, 3.8) is 0 Å². The molecule has 5 heteroatoms. The Kier molecular flexibility index (Phi) is 4.60. The van der Waals surface area contributed by atoms with E-state index in [-0.39, 0.29) is 12.1 Å². The van der Waals surface area contributed by atoms with Crippen LogP contribution >= 0.6 is 0 Å². The van der Waals surface area contributed by atoms with Crippen molar-refractivity contribution >= 4 is 11.7 Å². The molecule has 0 aliphatic carbocycles. The van der Waals surface area contributed by atoms with Gasteiger partial charge in [0, 0.05) is 24.0 Å². The zero-order valence-electron chi connectivity index (χ0n) is 14.2. The molecule has 0 unspecified atom stereocenters. The third-order valence-corrected chi connectivity index (χ3v) is 4.12. The van der Waals surface area contributed by atoms with E-state index < -0.39 is 0 Å². The van der Waals surface area contributed by atoms with Crippen LogP contribution in [0.5, 0.6) is 0 Å². The smallest absolute Gasteiger partial charge is 0.314 e. The number of aromatic nitrogens is 2. The van der Waals surface area contributed by atoms with Gasteiger partial charge in [-0.3, -0.25) is 0 Å². The lowest BCUT2D eigenvalue weighted by atomic mass is 10.1. The zero-order chi connectivity index (χ0) is 17.1. The van der Waals surface area contributed by atoms with Gasteiger partial charge < -0.3 is 10.2 Å². The molecule has 1 aromatic heterocycles. The van der Waals surface area contributed by atoms with E-state index in [2.05, 4.69) is 35.2 Å². The van der Waals surface area contributed by atoms with Crippen LogP contribution in [0.15, 0.2) is 48.7 Å². The van der Waals surface area contributed by atoms with Gasteiger partial charge in [-0.15, -0.1) is 0 Å².